The number of nitrogens with zero attached hydrogens (tertiary/aromatic N) is 1. The van der Waals surface area contributed by atoms with Gasteiger partial charge in [-0.05, 0) is 37.3 Å². The van der Waals surface area contributed by atoms with Crippen molar-refractivity contribution in [2.75, 3.05) is 0 Å². The van der Waals surface area contributed by atoms with E-state index in [2.05, 4.69) is 9.82 Å². The number of amides is 1. The molecule has 4 N–H and O–H groups in total. The smallest absolute Gasteiger partial charge is 0.254 e. The number of carbonyl (C=O) groups is 1. The lowest BCUT2D eigenvalue weighted by Gasteiger charge is -2.16. The fourth-order valence-electron chi connectivity index (χ4n) is 1.88. The van der Waals surface area contributed by atoms with Crippen molar-refractivity contribution in [3.63, 3.8) is 0 Å². The zero-order valence-corrected chi connectivity index (χ0v) is 8.32. The quantitative estimate of drug-likeness (QED) is 0.683. The number of hydrogen-bond donors (Lipinski definition) is 2. The summed E-state index contributed by atoms with van der Waals surface area (Å²) in [6.07, 6.45) is 4.08. The van der Waals surface area contributed by atoms with Crippen LogP contribution in [0.2, 0.25) is 0 Å². The third-order valence-electron chi connectivity index (χ3n) is 2.64. The first kappa shape index (κ1) is 9.92. The molecular weight excluding hydrogens is 194 g/mol. The van der Waals surface area contributed by atoms with Crippen molar-refractivity contribution in [3.8, 4) is 5.88 Å². The molecule has 0 spiro atoms. The summed E-state index contributed by atoms with van der Waals surface area (Å²) in [4.78, 5) is 19.9. The Kier molecular flexibility index (Phi) is 2.55. The Bertz CT molecular complexity index is 404. The van der Waals surface area contributed by atoms with Crippen molar-refractivity contribution in [3.05, 3.63) is 22.9 Å². The largest absolute Gasteiger partial charge is 0.390 e. The summed E-state index contributed by atoms with van der Waals surface area (Å²) < 4.78 is 0. The fourth-order valence-corrected chi connectivity index (χ4v) is 1.88. The number of pyridine rings is 1. The summed E-state index contributed by atoms with van der Waals surface area (Å²) in [5.74, 6) is 4.62. The van der Waals surface area contributed by atoms with Crippen molar-refractivity contribution in [1.29, 1.82) is 0 Å². The SMILES string of the molecule is NOc1nc2c(cc1C(N)=O)CCCC2. The molecule has 0 bridgehead atoms. The molecule has 5 nitrogen and oxygen atoms in total. The fraction of sp³-hybridized carbons (Fsp3) is 0.400. The van der Waals surface area contributed by atoms with Gasteiger partial charge in [0.1, 0.15) is 5.56 Å². The van der Waals surface area contributed by atoms with E-state index in [0.717, 1.165) is 36.9 Å². The minimum atomic E-state index is -0.559. The van der Waals surface area contributed by atoms with Crippen LogP contribution in [0.4, 0.5) is 0 Å². The molecule has 0 fully saturated rings. The zero-order valence-electron chi connectivity index (χ0n) is 8.32. The summed E-state index contributed by atoms with van der Waals surface area (Å²) >= 11 is 0. The summed E-state index contributed by atoms with van der Waals surface area (Å²) in [5.41, 5.74) is 7.51. The standard InChI is InChI=1S/C10H13N3O2/c11-9(14)7-5-6-3-1-2-4-8(6)13-10(7)15-12/h5H,1-4,12H2,(H2,11,14). The van der Waals surface area contributed by atoms with E-state index in [4.69, 9.17) is 11.6 Å². The van der Waals surface area contributed by atoms with Gasteiger partial charge >= 0.3 is 0 Å². The summed E-state index contributed by atoms with van der Waals surface area (Å²) in [5, 5.41) is 0. The number of aryl methyl sites for hydroxylation is 2. The number of fused-ring (bicyclic) bond motifs is 1. The molecule has 0 atom stereocenters. The van der Waals surface area contributed by atoms with Crippen LogP contribution >= 0.6 is 0 Å². The van der Waals surface area contributed by atoms with E-state index in [1.807, 2.05) is 0 Å². The second-order valence-electron chi connectivity index (χ2n) is 3.64. The van der Waals surface area contributed by atoms with Crippen molar-refractivity contribution in [2.45, 2.75) is 25.7 Å². The number of primary amides is 1. The highest BCUT2D eigenvalue weighted by molar-refractivity contribution is 5.95. The molecule has 1 aromatic heterocycles. The maximum absolute atomic E-state index is 11.1. The predicted molar refractivity (Wildman–Crippen MR) is 54.2 cm³/mol. The highest BCUT2D eigenvalue weighted by Crippen LogP contribution is 2.25. The Labute approximate surface area is 87.4 Å². The minimum absolute atomic E-state index is 0.128. The van der Waals surface area contributed by atoms with Gasteiger partial charge in [-0.3, -0.25) is 4.79 Å². The molecule has 1 amide bonds. The summed E-state index contributed by atoms with van der Waals surface area (Å²) in [6.45, 7) is 0. The molecule has 0 unspecified atom stereocenters. The van der Waals surface area contributed by atoms with Gasteiger partial charge in [0, 0.05) is 5.69 Å². The Morgan fingerprint density at radius 3 is 2.80 bits per heavy atom. The van der Waals surface area contributed by atoms with Gasteiger partial charge in [0.05, 0.1) is 0 Å². The van der Waals surface area contributed by atoms with E-state index in [1.54, 1.807) is 6.07 Å². The Morgan fingerprint density at radius 2 is 2.13 bits per heavy atom. The highest BCUT2D eigenvalue weighted by Gasteiger charge is 2.18. The topological polar surface area (TPSA) is 91.2 Å². The molecule has 0 radical (unpaired) electrons. The molecule has 1 heterocycles. The highest BCUT2D eigenvalue weighted by atomic mass is 16.6. The zero-order chi connectivity index (χ0) is 10.8. The van der Waals surface area contributed by atoms with Gasteiger partial charge in [0.2, 0.25) is 0 Å². The molecular formula is C10H13N3O2. The predicted octanol–water partition coefficient (Wildman–Crippen LogP) is 0.312. The normalized spacial score (nSPS) is 14.5. The van der Waals surface area contributed by atoms with Crippen molar-refractivity contribution in [1.82, 2.24) is 4.98 Å². The van der Waals surface area contributed by atoms with Crippen LogP contribution < -0.4 is 16.5 Å². The number of nitrogens with two attached hydrogens (primary N) is 2. The second-order valence-corrected chi connectivity index (χ2v) is 3.64. The van der Waals surface area contributed by atoms with E-state index in [9.17, 15) is 4.79 Å². The maximum atomic E-state index is 11.1. The molecule has 15 heavy (non-hydrogen) atoms. The van der Waals surface area contributed by atoms with Crippen molar-refractivity contribution in [2.24, 2.45) is 11.6 Å². The number of carbonyl (C=O) groups excluding carboxylic acids is 1. The van der Waals surface area contributed by atoms with Crippen LogP contribution in [-0.2, 0) is 12.8 Å². The van der Waals surface area contributed by atoms with Crippen LogP contribution in [0.15, 0.2) is 6.07 Å². The van der Waals surface area contributed by atoms with Gasteiger partial charge in [-0.1, -0.05) is 0 Å². The van der Waals surface area contributed by atoms with E-state index in [0.29, 0.717) is 0 Å². The Morgan fingerprint density at radius 1 is 1.40 bits per heavy atom. The molecule has 0 saturated carbocycles. The van der Waals surface area contributed by atoms with E-state index >= 15 is 0 Å². The second kappa shape index (κ2) is 3.86. The maximum Gasteiger partial charge on any atom is 0.254 e. The molecule has 5 heteroatoms. The van der Waals surface area contributed by atoms with Crippen LogP contribution in [0.3, 0.4) is 0 Å². The lowest BCUT2D eigenvalue weighted by atomic mass is 9.95. The first-order valence-corrected chi connectivity index (χ1v) is 4.91. The Balaban J connectivity index is 2.51. The molecule has 1 aliphatic rings. The van der Waals surface area contributed by atoms with Gasteiger partial charge in [0.25, 0.3) is 11.8 Å². The average molecular weight is 207 g/mol. The molecule has 0 saturated heterocycles. The van der Waals surface area contributed by atoms with E-state index < -0.39 is 5.91 Å². The van der Waals surface area contributed by atoms with Gasteiger partial charge in [-0.15, -0.1) is 0 Å². The van der Waals surface area contributed by atoms with Crippen LogP contribution in [0.5, 0.6) is 5.88 Å². The number of hydrogen-bond acceptors (Lipinski definition) is 4. The number of aromatic nitrogens is 1. The molecule has 80 valence electrons. The third kappa shape index (κ3) is 1.78. The van der Waals surface area contributed by atoms with Gasteiger partial charge < -0.3 is 10.6 Å². The first-order valence-electron chi connectivity index (χ1n) is 4.91. The van der Waals surface area contributed by atoms with Crippen LogP contribution in [0, 0.1) is 0 Å². The van der Waals surface area contributed by atoms with Crippen molar-refractivity contribution >= 4 is 5.91 Å². The first-order chi connectivity index (χ1) is 7.22. The summed E-state index contributed by atoms with van der Waals surface area (Å²) in [6, 6.07) is 1.74. The van der Waals surface area contributed by atoms with Crippen LogP contribution in [-0.4, -0.2) is 10.9 Å². The lowest BCUT2D eigenvalue weighted by molar-refractivity contribution is 0.0995. The third-order valence-corrected chi connectivity index (χ3v) is 2.64. The lowest BCUT2D eigenvalue weighted by Crippen LogP contribution is -2.19. The van der Waals surface area contributed by atoms with Crippen molar-refractivity contribution < 1.29 is 9.63 Å². The van der Waals surface area contributed by atoms with Crippen LogP contribution in [0.25, 0.3) is 0 Å². The molecule has 0 aliphatic heterocycles. The van der Waals surface area contributed by atoms with Crippen LogP contribution in [0.1, 0.15) is 34.5 Å². The monoisotopic (exact) mass is 207 g/mol. The van der Waals surface area contributed by atoms with E-state index in [1.165, 1.54) is 0 Å². The van der Waals surface area contributed by atoms with Gasteiger partial charge in [-0.2, -0.15) is 5.90 Å². The molecule has 2 rings (SSSR count). The molecule has 0 aromatic carbocycles. The molecule has 1 aromatic rings. The van der Waals surface area contributed by atoms with E-state index in [-0.39, 0.29) is 11.4 Å². The molecule has 1 aliphatic carbocycles. The minimum Gasteiger partial charge on any atom is -0.390 e. The van der Waals surface area contributed by atoms with Gasteiger partial charge in [0.15, 0.2) is 0 Å². The average Bonchev–Trinajstić information content (AvgIpc) is 2.27. The van der Waals surface area contributed by atoms with Gasteiger partial charge in [-0.25, -0.2) is 4.98 Å². The summed E-state index contributed by atoms with van der Waals surface area (Å²) in [7, 11) is 0. The number of rotatable bonds is 2. The Hall–Kier alpha value is -1.62.